The Morgan fingerprint density at radius 2 is 2.00 bits per heavy atom. The third kappa shape index (κ3) is 6.25. The molecule has 1 atom stereocenters. The molecule has 0 aromatic heterocycles. The SMILES string of the molecule is C[P+](=O)CP(=O)(O)O. The van der Waals surface area contributed by atoms with Crippen molar-refractivity contribution in [3.05, 3.63) is 0 Å². The van der Waals surface area contributed by atoms with Crippen molar-refractivity contribution in [1.29, 1.82) is 0 Å². The minimum absolute atomic E-state index is 0.498. The van der Waals surface area contributed by atoms with Crippen LogP contribution in [0.3, 0.4) is 0 Å². The van der Waals surface area contributed by atoms with E-state index in [0.717, 1.165) is 0 Å². The molecule has 0 aromatic rings. The summed E-state index contributed by atoms with van der Waals surface area (Å²) in [5.41, 5.74) is 0. The average molecular weight is 157 g/mol. The van der Waals surface area contributed by atoms with E-state index in [4.69, 9.17) is 9.79 Å². The van der Waals surface area contributed by atoms with Gasteiger partial charge in [-0.15, -0.1) is 0 Å². The third-order valence-electron chi connectivity index (χ3n) is 0.383. The van der Waals surface area contributed by atoms with Crippen molar-refractivity contribution in [3.8, 4) is 0 Å². The Bertz CT molecular complexity index is 135. The predicted octanol–water partition coefficient (Wildman–Crippen LogP) is 0.579. The molecule has 0 radical (unpaired) electrons. The Morgan fingerprint density at radius 1 is 1.62 bits per heavy atom. The highest BCUT2D eigenvalue weighted by Gasteiger charge is 2.23. The molecule has 1 unspecified atom stereocenters. The molecule has 0 aliphatic carbocycles. The first-order valence-electron chi connectivity index (χ1n) is 1.84. The molecule has 8 heavy (non-hydrogen) atoms. The molecule has 0 saturated heterocycles. The molecule has 0 amide bonds. The van der Waals surface area contributed by atoms with Gasteiger partial charge in [0.1, 0.15) is 6.66 Å². The Labute approximate surface area is 47.9 Å². The highest BCUT2D eigenvalue weighted by Crippen LogP contribution is 2.42. The van der Waals surface area contributed by atoms with Crippen LogP contribution in [-0.4, -0.2) is 22.4 Å². The summed E-state index contributed by atoms with van der Waals surface area (Å²) in [6.45, 7) is 1.29. The Morgan fingerprint density at radius 3 is 2.00 bits per heavy atom. The van der Waals surface area contributed by atoms with Crippen LogP contribution >= 0.6 is 15.4 Å². The smallest absolute Gasteiger partial charge is 0.321 e. The maximum atomic E-state index is 10.1. The first-order valence-corrected chi connectivity index (χ1v) is 5.53. The largest absolute Gasteiger partial charge is 0.373 e. The molecule has 0 saturated carbocycles. The van der Waals surface area contributed by atoms with E-state index < -0.39 is 21.3 Å². The molecular formula is C2H7O4P2+. The molecule has 6 heteroatoms. The first kappa shape index (κ1) is 8.25. The summed E-state index contributed by atoms with van der Waals surface area (Å²) in [7, 11) is -5.71. The summed E-state index contributed by atoms with van der Waals surface area (Å²) in [5, 5.41) is 0. The van der Waals surface area contributed by atoms with Crippen LogP contribution in [0.5, 0.6) is 0 Å². The fourth-order valence-corrected chi connectivity index (χ4v) is 2.33. The van der Waals surface area contributed by atoms with Gasteiger partial charge in [-0.05, 0) is 0 Å². The third-order valence-corrected chi connectivity index (χ3v) is 3.45. The van der Waals surface area contributed by atoms with E-state index in [2.05, 4.69) is 0 Å². The molecular weight excluding hydrogens is 150 g/mol. The zero-order valence-corrected chi connectivity index (χ0v) is 6.10. The number of hydrogen-bond acceptors (Lipinski definition) is 2. The van der Waals surface area contributed by atoms with Crippen molar-refractivity contribution >= 4 is 15.4 Å². The van der Waals surface area contributed by atoms with Crippen LogP contribution in [-0.2, 0) is 9.13 Å². The quantitative estimate of drug-likeness (QED) is 0.575. The Kier molecular flexibility index (Phi) is 2.78. The van der Waals surface area contributed by atoms with Gasteiger partial charge in [0.2, 0.25) is 5.90 Å². The van der Waals surface area contributed by atoms with Gasteiger partial charge in [-0.25, -0.2) is 0 Å². The van der Waals surface area contributed by atoms with Crippen LogP contribution in [0.2, 0.25) is 0 Å². The lowest BCUT2D eigenvalue weighted by molar-refractivity contribution is 0.379. The van der Waals surface area contributed by atoms with Gasteiger partial charge in [0.25, 0.3) is 0 Å². The van der Waals surface area contributed by atoms with Gasteiger partial charge in [-0.2, -0.15) is 0 Å². The number of rotatable bonds is 2. The molecule has 0 aromatic carbocycles. The topological polar surface area (TPSA) is 74.6 Å². The van der Waals surface area contributed by atoms with Crippen molar-refractivity contribution in [2.24, 2.45) is 0 Å². The molecule has 0 heterocycles. The molecule has 0 spiro atoms. The van der Waals surface area contributed by atoms with E-state index in [1.807, 2.05) is 0 Å². The van der Waals surface area contributed by atoms with E-state index in [1.165, 1.54) is 6.66 Å². The van der Waals surface area contributed by atoms with Gasteiger partial charge in [0, 0.05) is 0 Å². The minimum Gasteiger partial charge on any atom is -0.321 e. The predicted molar refractivity (Wildman–Crippen MR) is 30.4 cm³/mol. The van der Waals surface area contributed by atoms with Crippen LogP contribution in [0.25, 0.3) is 0 Å². The molecule has 0 aliphatic heterocycles. The normalized spacial score (nSPS) is 13.6. The summed E-state index contributed by atoms with van der Waals surface area (Å²) >= 11 is 0. The Hall–Kier alpha value is 0.250. The maximum absolute atomic E-state index is 10.1. The lowest BCUT2D eigenvalue weighted by Crippen LogP contribution is -1.78. The lowest BCUT2D eigenvalue weighted by atomic mass is 11.9. The second kappa shape index (κ2) is 2.70. The van der Waals surface area contributed by atoms with Crippen LogP contribution in [0.4, 0.5) is 0 Å². The van der Waals surface area contributed by atoms with Crippen LogP contribution < -0.4 is 0 Å². The molecule has 0 bridgehead atoms. The highest BCUT2D eigenvalue weighted by atomic mass is 31.2. The van der Waals surface area contributed by atoms with E-state index in [1.54, 1.807) is 0 Å². The molecule has 0 fully saturated rings. The lowest BCUT2D eigenvalue weighted by Gasteiger charge is -1.89. The van der Waals surface area contributed by atoms with Crippen molar-refractivity contribution in [2.45, 2.75) is 0 Å². The van der Waals surface area contributed by atoms with Gasteiger partial charge in [-0.3, -0.25) is 4.57 Å². The molecule has 0 aliphatic rings. The summed E-state index contributed by atoms with van der Waals surface area (Å²) in [6.07, 6.45) is 0. The molecule has 48 valence electrons. The monoisotopic (exact) mass is 157 g/mol. The van der Waals surface area contributed by atoms with E-state index in [-0.39, 0.29) is 0 Å². The van der Waals surface area contributed by atoms with E-state index in [9.17, 15) is 9.13 Å². The van der Waals surface area contributed by atoms with Crippen LogP contribution in [0.15, 0.2) is 0 Å². The van der Waals surface area contributed by atoms with E-state index in [0.29, 0.717) is 0 Å². The second-order valence-corrected chi connectivity index (χ2v) is 5.15. The first-order chi connectivity index (χ1) is 3.42. The number of hydrogen-bond donors (Lipinski definition) is 2. The summed E-state index contributed by atoms with van der Waals surface area (Å²) in [5.74, 6) is -0.498. The van der Waals surface area contributed by atoms with E-state index >= 15 is 0 Å². The van der Waals surface area contributed by atoms with Crippen molar-refractivity contribution in [2.75, 3.05) is 12.6 Å². The zero-order valence-electron chi connectivity index (χ0n) is 4.31. The zero-order chi connectivity index (χ0) is 6.78. The molecule has 0 rings (SSSR count). The second-order valence-electron chi connectivity index (χ2n) is 1.43. The summed E-state index contributed by atoms with van der Waals surface area (Å²) in [4.78, 5) is 16.2. The maximum Gasteiger partial charge on any atom is 0.373 e. The van der Waals surface area contributed by atoms with Gasteiger partial charge in [-0.1, -0.05) is 4.57 Å². The van der Waals surface area contributed by atoms with Crippen molar-refractivity contribution in [3.63, 3.8) is 0 Å². The van der Waals surface area contributed by atoms with Crippen LogP contribution in [0.1, 0.15) is 0 Å². The van der Waals surface area contributed by atoms with Gasteiger partial charge in [0.15, 0.2) is 0 Å². The van der Waals surface area contributed by atoms with Crippen LogP contribution in [0, 0.1) is 0 Å². The van der Waals surface area contributed by atoms with Crippen molar-refractivity contribution in [1.82, 2.24) is 0 Å². The van der Waals surface area contributed by atoms with Gasteiger partial charge < -0.3 is 9.79 Å². The van der Waals surface area contributed by atoms with Crippen molar-refractivity contribution < 1.29 is 18.9 Å². The summed E-state index contributed by atoms with van der Waals surface area (Å²) in [6, 6.07) is 0. The van der Waals surface area contributed by atoms with Gasteiger partial charge in [0.05, 0.1) is 0 Å². The minimum atomic E-state index is -4.01. The standard InChI is InChI=1S/C2H6O4P2/c1-7(3)2-8(4,5)6/h2H2,1H3,(H-,4,5,6)/p+1. The van der Waals surface area contributed by atoms with Gasteiger partial charge >= 0.3 is 15.4 Å². The fraction of sp³-hybridized carbons (Fsp3) is 1.00. The summed E-state index contributed by atoms with van der Waals surface area (Å²) < 4.78 is 20.1. The average Bonchev–Trinajstić information content (AvgIpc) is 1.21. The molecule has 2 N–H and O–H groups in total. The Balaban J connectivity index is 3.74. The molecule has 4 nitrogen and oxygen atoms in total. The fourth-order valence-electron chi connectivity index (χ4n) is 0.259. The highest BCUT2D eigenvalue weighted by molar-refractivity contribution is 7.66.